The highest BCUT2D eigenvalue weighted by molar-refractivity contribution is 5.39. The summed E-state index contributed by atoms with van der Waals surface area (Å²) >= 11 is 0. The summed E-state index contributed by atoms with van der Waals surface area (Å²) in [4.78, 5) is 2.65. The fourth-order valence-electron chi connectivity index (χ4n) is 3.48. The van der Waals surface area contributed by atoms with E-state index in [1.807, 2.05) is 0 Å². The molecular formula is C18H28N2O. The summed E-state index contributed by atoms with van der Waals surface area (Å²) in [6.45, 7) is 7.84. The van der Waals surface area contributed by atoms with Crippen molar-refractivity contribution in [1.29, 1.82) is 0 Å². The van der Waals surface area contributed by atoms with Crippen LogP contribution in [0.15, 0.2) is 18.2 Å². The summed E-state index contributed by atoms with van der Waals surface area (Å²) in [7, 11) is 0. The van der Waals surface area contributed by atoms with Gasteiger partial charge in [0.25, 0.3) is 0 Å². The minimum atomic E-state index is 0.787. The highest BCUT2D eigenvalue weighted by Crippen LogP contribution is 2.25. The van der Waals surface area contributed by atoms with Crippen molar-refractivity contribution in [3.8, 4) is 5.75 Å². The number of hydrogen-bond acceptors (Lipinski definition) is 3. The van der Waals surface area contributed by atoms with Gasteiger partial charge in [0, 0.05) is 19.0 Å². The van der Waals surface area contributed by atoms with E-state index in [9.17, 15) is 0 Å². The van der Waals surface area contributed by atoms with Gasteiger partial charge in [0.15, 0.2) is 0 Å². The van der Waals surface area contributed by atoms with Crippen LogP contribution in [0.5, 0.6) is 5.75 Å². The maximum atomic E-state index is 5.55. The van der Waals surface area contributed by atoms with Gasteiger partial charge in [-0.15, -0.1) is 0 Å². The van der Waals surface area contributed by atoms with Gasteiger partial charge in [-0.25, -0.2) is 0 Å². The number of nitrogens with zero attached hydrogens (tertiary/aromatic N) is 1. The molecule has 1 atom stereocenters. The average molecular weight is 288 g/mol. The molecule has 1 N–H and O–H groups in total. The van der Waals surface area contributed by atoms with Gasteiger partial charge in [-0.3, -0.25) is 0 Å². The number of hydrogen-bond donors (Lipinski definition) is 1. The molecule has 0 bridgehead atoms. The molecule has 1 aromatic carbocycles. The molecule has 2 heterocycles. The molecule has 21 heavy (non-hydrogen) atoms. The molecule has 1 aromatic rings. The van der Waals surface area contributed by atoms with Gasteiger partial charge in [-0.1, -0.05) is 18.6 Å². The van der Waals surface area contributed by atoms with Crippen molar-refractivity contribution in [3.05, 3.63) is 29.3 Å². The van der Waals surface area contributed by atoms with Gasteiger partial charge < -0.3 is 15.0 Å². The molecule has 3 nitrogen and oxygen atoms in total. The zero-order valence-electron chi connectivity index (χ0n) is 13.2. The van der Waals surface area contributed by atoms with Crippen LogP contribution in [0.4, 0.5) is 0 Å². The molecule has 0 radical (unpaired) electrons. The van der Waals surface area contributed by atoms with Gasteiger partial charge in [0.05, 0.1) is 6.61 Å². The quantitative estimate of drug-likeness (QED) is 0.815. The highest BCUT2D eigenvalue weighted by Gasteiger charge is 2.17. The van der Waals surface area contributed by atoms with Crippen LogP contribution in [0, 0.1) is 0 Å². The van der Waals surface area contributed by atoms with Crippen molar-refractivity contribution in [2.45, 2.75) is 51.6 Å². The minimum absolute atomic E-state index is 0.787. The first kappa shape index (κ1) is 14.9. The van der Waals surface area contributed by atoms with Gasteiger partial charge in [-0.05, 0) is 63.0 Å². The fraction of sp³-hybridized carbons (Fsp3) is 0.667. The number of ether oxygens (including phenoxy) is 1. The first-order valence-corrected chi connectivity index (χ1v) is 8.52. The van der Waals surface area contributed by atoms with Crippen molar-refractivity contribution in [1.82, 2.24) is 10.2 Å². The van der Waals surface area contributed by atoms with Crippen molar-refractivity contribution in [3.63, 3.8) is 0 Å². The molecular weight excluding hydrogens is 260 g/mol. The van der Waals surface area contributed by atoms with Crippen LogP contribution in [-0.2, 0) is 13.0 Å². The molecule has 0 aromatic heterocycles. The standard InChI is InChI=1S/C18H28N2O/c1-15-5-2-3-10-20(15)11-4-9-19-14-16-6-7-18-17(13-16)8-12-21-18/h6-7,13,15,19H,2-5,8-12,14H2,1H3. The Balaban J connectivity index is 1.35. The summed E-state index contributed by atoms with van der Waals surface area (Å²) in [5.41, 5.74) is 2.75. The first-order valence-electron chi connectivity index (χ1n) is 8.52. The molecule has 3 heteroatoms. The monoisotopic (exact) mass is 288 g/mol. The Morgan fingerprint density at radius 3 is 3.19 bits per heavy atom. The fourth-order valence-corrected chi connectivity index (χ4v) is 3.48. The van der Waals surface area contributed by atoms with Gasteiger partial charge in [0.1, 0.15) is 5.75 Å². The molecule has 116 valence electrons. The molecule has 2 aliphatic heterocycles. The topological polar surface area (TPSA) is 24.5 Å². The number of piperidine rings is 1. The molecule has 1 saturated heterocycles. The Hall–Kier alpha value is -1.06. The number of benzene rings is 1. The van der Waals surface area contributed by atoms with Crippen molar-refractivity contribution >= 4 is 0 Å². The van der Waals surface area contributed by atoms with E-state index in [-0.39, 0.29) is 0 Å². The molecule has 1 fully saturated rings. The third kappa shape index (κ3) is 3.98. The third-order valence-corrected chi connectivity index (χ3v) is 4.82. The molecule has 0 aliphatic carbocycles. The summed E-state index contributed by atoms with van der Waals surface area (Å²) < 4.78 is 5.55. The van der Waals surface area contributed by atoms with E-state index in [0.29, 0.717) is 0 Å². The Labute approximate surface area is 128 Å². The number of nitrogens with one attached hydrogen (secondary N) is 1. The number of likely N-dealkylation sites (tertiary alicyclic amines) is 1. The summed E-state index contributed by atoms with van der Waals surface area (Å²) in [5, 5.41) is 3.58. The second-order valence-corrected chi connectivity index (χ2v) is 6.45. The Bertz CT molecular complexity index is 461. The lowest BCUT2D eigenvalue weighted by atomic mass is 10.0. The van der Waals surface area contributed by atoms with Crippen molar-refractivity contribution in [2.24, 2.45) is 0 Å². The second kappa shape index (κ2) is 7.28. The normalized spacial score (nSPS) is 22.0. The van der Waals surface area contributed by atoms with Crippen LogP contribution >= 0.6 is 0 Å². The summed E-state index contributed by atoms with van der Waals surface area (Å²) in [6, 6.07) is 7.39. The SMILES string of the molecule is CC1CCCCN1CCCNCc1ccc2c(c1)CCO2. The molecule has 1 unspecified atom stereocenters. The Morgan fingerprint density at radius 2 is 2.29 bits per heavy atom. The average Bonchev–Trinajstić information content (AvgIpc) is 2.96. The maximum Gasteiger partial charge on any atom is 0.122 e. The molecule has 0 saturated carbocycles. The molecule has 3 rings (SSSR count). The second-order valence-electron chi connectivity index (χ2n) is 6.45. The summed E-state index contributed by atoms with van der Waals surface area (Å²) in [5.74, 6) is 1.08. The summed E-state index contributed by atoms with van der Waals surface area (Å²) in [6.07, 6.45) is 6.49. The minimum Gasteiger partial charge on any atom is -0.493 e. The predicted octanol–water partition coefficient (Wildman–Crippen LogP) is 2.98. The largest absolute Gasteiger partial charge is 0.493 e. The molecule has 0 spiro atoms. The smallest absolute Gasteiger partial charge is 0.122 e. The van der Waals surface area contributed by atoms with E-state index in [2.05, 4.69) is 35.3 Å². The zero-order chi connectivity index (χ0) is 14.5. The molecule has 2 aliphatic rings. The number of rotatable bonds is 6. The van der Waals surface area contributed by atoms with Crippen molar-refractivity contribution < 1.29 is 4.74 Å². The lowest BCUT2D eigenvalue weighted by molar-refractivity contribution is 0.159. The van der Waals surface area contributed by atoms with Crippen LogP contribution in [0.1, 0.15) is 43.7 Å². The van der Waals surface area contributed by atoms with E-state index in [4.69, 9.17) is 4.74 Å². The Kier molecular flexibility index (Phi) is 5.15. The van der Waals surface area contributed by atoms with Crippen LogP contribution in [0.3, 0.4) is 0 Å². The van der Waals surface area contributed by atoms with E-state index in [1.165, 1.54) is 49.9 Å². The van der Waals surface area contributed by atoms with Crippen LogP contribution in [-0.4, -0.2) is 37.2 Å². The van der Waals surface area contributed by atoms with E-state index < -0.39 is 0 Å². The molecule has 0 amide bonds. The van der Waals surface area contributed by atoms with E-state index in [1.54, 1.807) is 0 Å². The van der Waals surface area contributed by atoms with Crippen LogP contribution in [0.25, 0.3) is 0 Å². The lowest BCUT2D eigenvalue weighted by Gasteiger charge is -2.33. The lowest BCUT2D eigenvalue weighted by Crippen LogP contribution is -2.38. The van der Waals surface area contributed by atoms with E-state index in [0.717, 1.165) is 37.9 Å². The highest BCUT2D eigenvalue weighted by atomic mass is 16.5. The van der Waals surface area contributed by atoms with Crippen molar-refractivity contribution in [2.75, 3.05) is 26.2 Å². The van der Waals surface area contributed by atoms with Gasteiger partial charge in [0.2, 0.25) is 0 Å². The first-order chi connectivity index (χ1) is 10.3. The third-order valence-electron chi connectivity index (χ3n) is 4.82. The van der Waals surface area contributed by atoms with Crippen LogP contribution < -0.4 is 10.1 Å². The zero-order valence-corrected chi connectivity index (χ0v) is 13.2. The van der Waals surface area contributed by atoms with E-state index >= 15 is 0 Å². The van der Waals surface area contributed by atoms with Crippen LogP contribution in [0.2, 0.25) is 0 Å². The maximum absolute atomic E-state index is 5.55. The Morgan fingerprint density at radius 1 is 1.33 bits per heavy atom. The number of fused-ring (bicyclic) bond motifs is 1. The predicted molar refractivity (Wildman–Crippen MR) is 86.9 cm³/mol. The van der Waals surface area contributed by atoms with Gasteiger partial charge >= 0.3 is 0 Å². The van der Waals surface area contributed by atoms with Gasteiger partial charge in [-0.2, -0.15) is 0 Å².